The molecule has 0 N–H and O–H groups in total. The summed E-state index contributed by atoms with van der Waals surface area (Å²) in [6.45, 7) is 5.69. The Hall–Kier alpha value is -1.98. The van der Waals surface area contributed by atoms with E-state index in [0.29, 0.717) is 49.8 Å². The minimum Gasteiger partial charge on any atom is -0.338 e. The van der Waals surface area contributed by atoms with Crippen molar-refractivity contribution < 1.29 is 26.1 Å². The van der Waals surface area contributed by atoms with Crippen LogP contribution in [0.15, 0.2) is 33.7 Å². The zero-order chi connectivity index (χ0) is 21.2. The summed E-state index contributed by atoms with van der Waals surface area (Å²) in [7, 11) is -4.00. The van der Waals surface area contributed by atoms with E-state index in [-0.39, 0.29) is 18.0 Å². The summed E-state index contributed by atoms with van der Waals surface area (Å²) in [5.41, 5.74) is -0.981. The molecule has 11 heteroatoms. The number of hydrogen-bond acceptors (Lipinski definition) is 6. The van der Waals surface area contributed by atoms with Crippen LogP contribution in [0.1, 0.15) is 31.1 Å². The van der Waals surface area contributed by atoms with Crippen molar-refractivity contribution in [2.24, 2.45) is 5.92 Å². The number of piperazine rings is 1. The van der Waals surface area contributed by atoms with Gasteiger partial charge in [-0.1, -0.05) is 25.1 Å². The molecule has 0 bridgehead atoms. The van der Waals surface area contributed by atoms with Gasteiger partial charge in [-0.05, 0) is 24.1 Å². The Kier molecular flexibility index (Phi) is 6.30. The number of hydrogen-bond donors (Lipinski definition) is 0. The molecule has 160 valence electrons. The first-order valence-electron chi connectivity index (χ1n) is 9.27. The predicted molar refractivity (Wildman–Crippen MR) is 98.3 cm³/mol. The second kappa shape index (κ2) is 8.41. The van der Waals surface area contributed by atoms with E-state index < -0.39 is 21.8 Å². The van der Waals surface area contributed by atoms with Crippen molar-refractivity contribution in [1.82, 2.24) is 19.3 Å². The molecule has 0 unspecified atom stereocenters. The number of aromatic nitrogens is 2. The summed E-state index contributed by atoms with van der Waals surface area (Å²) >= 11 is 0. The summed E-state index contributed by atoms with van der Waals surface area (Å²) in [6.07, 6.45) is -3.88. The van der Waals surface area contributed by atoms with Gasteiger partial charge in [0.2, 0.25) is 15.9 Å². The van der Waals surface area contributed by atoms with Gasteiger partial charge < -0.3 is 4.52 Å². The van der Waals surface area contributed by atoms with E-state index in [2.05, 4.69) is 24.0 Å². The Balaban J connectivity index is 1.62. The summed E-state index contributed by atoms with van der Waals surface area (Å²) in [4.78, 5) is 5.96. The van der Waals surface area contributed by atoms with Crippen LogP contribution in [0.3, 0.4) is 0 Å². The van der Waals surface area contributed by atoms with Crippen molar-refractivity contribution in [3.05, 3.63) is 41.5 Å². The molecule has 1 aliphatic heterocycles. The maximum Gasteiger partial charge on any atom is 0.416 e. The molecule has 1 saturated heterocycles. The Morgan fingerprint density at radius 1 is 1.17 bits per heavy atom. The second-order valence-electron chi connectivity index (χ2n) is 7.41. The highest BCUT2D eigenvalue weighted by Crippen LogP contribution is 2.31. The second-order valence-corrected chi connectivity index (χ2v) is 9.35. The lowest BCUT2D eigenvalue weighted by atomic mass is 10.1. The van der Waals surface area contributed by atoms with Gasteiger partial charge >= 0.3 is 6.18 Å². The highest BCUT2D eigenvalue weighted by atomic mass is 32.2. The van der Waals surface area contributed by atoms with Crippen LogP contribution in [-0.2, 0) is 29.2 Å². The molecule has 29 heavy (non-hydrogen) atoms. The molecular weight excluding hydrogens is 409 g/mol. The van der Waals surface area contributed by atoms with E-state index in [1.165, 1.54) is 10.4 Å². The van der Waals surface area contributed by atoms with Crippen LogP contribution in [0.5, 0.6) is 0 Å². The first-order valence-corrected chi connectivity index (χ1v) is 10.7. The molecule has 0 saturated carbocycles. The third kappa shape index (κ3) is 5.34. The lowest BCUT2D eigenvalue weighted by Crippen LogP contribution is -2.48. The van der Waals surface area contributed by atoms with Gasteiger partial charge in [0.15, 0.2) is 5.82 Å². The van der Waals surface area contributed by atoms with Gasteiger partial charge in [0.05, 0.1) is 17.0 Å². The molecule has 1 aromatic heterocycles. The Bertz CT molecular complexity index is 936. The average Bonchev–Trinajstić information content (AvgIpc) is 3.07. The van der Waals surface area contributed by atoms with Crippen LogP contribution in [0, 0.1) is 5.92 Å². The third-order valence-electron chi connectivity index (χ3n) is 4.59. The van der Waals surface area contributed by atoms with Gasteiger partial charge in [-0.3, -0.25) is 4.90 Å². The fourth-order valence-corrected chi connectivity index (χ4v) is 4.57. The zero-order valence-electron chi connectivity index (χ0n) is 16.2. The van der Waals surface area contributed by atoms with Crippen molar-refractivity contribution in [3.8, 4) is 0 Å². The van der Waals surface area contributed by atoms with Crippen LogP contribution in [0.25, 0.3) is 0 Å². The van der Waals surface area contributed by atoms with E-state index in [1.54, 1.807) is 0 Å². The third-order valence-corrected chi connectivity index (χ3v) is 6.48. The molecule has 0 spiro atoms. The quantitative estimate of drug-likeness (QED) is 0.699. The summed E-state index contributed by atoms with van der Waals surface area (Å²) in [6, 6.07) is 3.83. The van der Waals surface area contributed by atoms with Crippen LogP contribution >= 0.6 is 0 Å². The SMILES string of the molecule is CC(C)Cc1noc(CN2CCN(S(=O)(=O)c3cccc(C(F)(F)F)c3)CC2)n1. The molecule has 0 aliphatic carbocycles. The van der Waals surface area contributed by atoms with E-state index >= 15 is 0 Å². The topological polar surface area (TPSA) is 79.5 Å². The molecule has 7 nitrogen and oxygen atoms in total. The summed E-state index contributed by atoms with van der Waals surface area (Å²) in [5.74, 6) is 1.51. The van der Waals surface area contributed by atoms with Crippen LogP contribution in [0.4, 0.5) is 13.2 Å². The molecule has 1 fully saturated rings. The number of nitrogens with zero attached hydrogens (tertiary/aromatic N) is 4. The number of halogens is 3. The molecule has 2 heterocycles. The monoisotopic (exact) mass is 432 g/mol. The highest BCUT2D eigenvalue weighted by Gasteiger charge is 2.34. The zero-order valence-corrected chi connectivity index (χ0v) is 17.0. The first kappa shape index (κ1) is 21.7. The molecule has 1 aliphatic rings. The molecule has 0 radical (unpaired) electrons. The first-order chi connectivity index (χ1) is 13.6. The van der Waals surface area contributed by atoms with Crippen LogP contribution in [0.2, 0.25) is 0 Å². The smallest absolute Gasteiger partial charge is 0.338 e. The molecule has 1 aromatic carbocycles. The van der Waals surface area contributed by atoms with Gasteiger partial charge in [-0.15, -0.1) is 0 Å². The van der Waals surface area contributed by atoms with E-state index in [0.717, 1.165) is 12.1 Å². The largest absolute Gasteiger partial charge is 0.416 e. The van der Waals surface area contributed by atoms with Gasteiger partial charge in [0.25, 0.3) is 0 Å². The van der Waals surface area contributed by atoms with Gasteiger partial charge in [-0.2, -0.15) is 22.5 Å². The van der Waals surface area contributed by atoms with Crippen LogP contribution < -0.4 is 0 Å². The lowest BCUT2D eigenvalue weighted by Gasteiger charge is -2.33. The minimum atomic E-state index is -4.59. The fourth-order valence-electron chi connectivity index (χ4n) is 3.10. The number of rotatable bonds is 6. The molecule has 3 rings (SSSR count). The maximum absolute atomic E-state index is 12.9. The van der Waals surface area contributed by atoms with Crippen molar-refractivity contribution in [2.45, 2.75) is 37.9 Å². The normalized spacial score (nSPS) is 17.2. The molecular formula is C18H23F3N4O3S. The van der Waals surface area contributed by atoms with Gasteiger partial charge in [0, 0.05) is 32.6 Å². The van der Waals surface area contributed by atoms with Crippen LogP contribution in [-0.4, -0.2) is 53.9 Å². The number of benzene rings is 1. The van der Waals surface area contributed by atoms with Crippen molar-refractivity contribution in [1.29, 1.82) is 0 Å². The highest BCUT2D eigenvalue weighted by molar-refractivity contribution is 7.89. The Morgan fingerprint density at radius 2 is 1.86 bits per heavy atom. The summed E-state index contributed by atoms with van der Waals surface area (Å²) in [5, 5.41) is 3.93. The lowest BCUT2D eigenvalue weighted by molar-refractivity contribution is -0.137. The van der Waals surface area contributed by atoms with Gasteiger partial charge in [-0.25, -0.2) is 8.42 Å². The molecule has 0 atom stereocenters. The Labute approximate surface area is 167 Å². The van der Waals surface area contributed by atoms with Crippen molar-refractivity contribution in [3.63, 3.8) is 0 Å². The number of sulfonamides is 1. The molecule has 2 aromatic rings. The predicted octanol–water partition coefficient (Wildman–Crippen LogP) is 2.79. The minimum absolute atomic E-state index is 0.172. The maximum atomic E-state index is 12.9. The number of alkyl halides is 3. The van der Waals surface area contributed by atoms with Gasteiger partial charge in [0.1, 0.15) is 0 Å². The Morgan fingerprint density at radius 3 is 2.48 bits per heavy atom. The standard InChI is InChI=1S/C18H23F3N4O3S/c1-13(2)10-16-22-17(28-23-16)12-24-6-8-25(9-7-24)29(26,27)15-5-3-4-14(11-15)18(19,20)21/h3-5,11,13H,6-10,12H2,1-2H3. The molecule has 0 amide bonds. The fraction of sp³-hybridized carbons (Fsp3) is 0.556. The van der Waals surface area contributed by atoms with E-state index in [1.807, 2.05) is 4.90 Å². The van der Waals surface area contributed by atoms with Crippen molar-refractivity contribution >= 4 is 10.0 Å². The summed E-state index contributed by atoms with van der Waals surface area (Å²) < 4.78 is 70.6. The van der Waals surface area contributed by atoms with Crippen molar-refractivity contribution in [2.75, 3.05) is 26.2 Å². The average molecular weight is 432 g/mol. The van der Waals surface area contributed by atoms with E-state index in [9.17, 15) is 21.6 Å². The van der Waals surface area contributed by atoms with E-state index in [4.69, 9.17) is 4.52 Å².